The van der Waals surface area contributed by atoms with Crippen LogP contribution in [0.5, 0.6) is 0 Å². The number of pyridine rings is 1. The van der Waals surface area contributed by atoms with Crippen molar-refractivity contribution < 1.29 is 9.47 Å². The Morgan fingerprint density at radius 3 is 3.00 bits per heavy atom. The van der Waals surface area contributed by atoms with Gasteiger partial charge < -0.3 is 9.47 Å². The first-order chi connectivity index (χ1) is 7.83. The van der Waals surface area contributed by atoms with E-state index in [2.05, 4.69) is 26.0 Å². The molecule has 1 aliphatic rings. The second-order valence-electron chi connectivity index (χ2n) is 3.56. The fourth-order valence-electron chi connectivity index (χ4n) is 1.73. The van der Waals surface area contributed by atoms with E-state index in [0.29, 0.717) is 19.8 Å². The van der Waals surface area contributed by atoms with Crippen LogP contribution >= 0.6 is 15.9 Å². The maximum atomic E-state index is 5.38. The first-order valence-electron chi connectivity index (χ1n) is 5.03. The Morgan fingerprint density at radius 2 is 2.19 bits per heavy atom. The highest BCUT2D eigenvalue weighted by Gasteiger charge is 2.18. The lowest BCUT2D eigenvalue weighted by molar-refractivity contribution is -0.0538. The van der Waals surface area contributed by atoms with Crippen LogP contribution in [0.15, 0.2) is 22.9 Å². The van der Waals surface area contributed by atoms with Crippen LogP contribution < -0.4 is 0 Å². The number of aromatic nitrogens is 3. The monoisotopic (exact) mass is 283 g/mol. The fourth-order valence-corrected chi connectivity index (χ4v) is 2.08. The van der Waals surface area contributed by atoms with Gasteiger partial charge in [-0.05, 0) is 22.0 Å². The average Bonchev–Trinajstić information content (AvgIpc) is 2.89. The van der Waals surface area contributed by atoms with E-state index in [4.69, 9.17) is 9.47 Å². The van der Waals surface area contributed by atoms with Crippen LogP contribution in [-0.2, 0) is 16.0 Å². The lowest BCUT2D eigenvalue weighted by atomic mass is 10.4. The topological polar surface area (TPSA) is 49.2 Å². The van der Waals surface area contributed by atoms with Crippen LogP contribution in [0.25, 0.3) is 11.0 Å². The zero-order chi connectivity index (χ0) is 11.0. The summed E-state index contributed by atoms with van der Waals surface area (Å²) in [5.74, 6) is 0. The number of nitrogens with zero attached hydrogens (tertiary/aromatic N) is 3. The van der Waals surface area contributed by atoms with Crippen LogP contribution in [0, 0.1) is 0 Å². The van der Waals surface area contributed by atoms with E-state index in [1.54, 1.807) is 17.1 Å². The first kappa shape index (κ1) is 10.2. The Balaban J connectivity index is 1.91. The Labute approximate surface area is 100 Å². The van der Waals surface area contributed by atoms with Crippen molar-refractivity contribution in [1.82, 2.24) is 14.8 Å². The zero-order valence-corrected chi connectivity index (χ0v) is 10.1. The molecule has 0 radical (unpaired) electrons. The van der Waals surface area contributed by atoms with E-state index in [9.17, 15) is 0 Å². The van der Waals surface area contributed by atoms with Crippen molar-refractivity contribution >= 4 is 27.0 Å². The van der Waals surface area contributed by atoms with E-state index in [1.807, 2.05) is 6.07 Å². The van der Waals surface area contributed by atoms with Crippen molar-refractivity contribution in [2.45, 2.75) is 12.8 Å². The largest absolute Gasteiger partial charge is 0.348 e. The van der Waals surface area contributed by atoms with E-state index in [0.717, 1.165) is 15.5 Å². The molecule has 2 aromatic rings. The standard InChI is InChI=1S/C10H10BrN3O2/c11-8-3-7-4-13-14(10(7)12-5-8)6-9-15-1-2-16-9/h3-5,9H,1-2,6H2. The second kappa shape index (κ2) is 4.12. The summed E-state index contributed by atoms with van der Waals surface area (Å²) in [7, 11) is 0. The van der Waals surface area contributed by atoms with Crippen LogP contribution in [0.4, 0.5) is 0 Å². The molecule has 0 unspecified atom stereocenters. The van der Waals surface area contributed by atoms with Gasteiger partial charge in [-0.25, -0.2) is 9.67 Å². The molecule has 3 rings (SSSR count). The number of rotatable bonds is 2. The quantitative estimate of drug-likeness (QED) is 0.840. The molecule has 0 bridgehead atoms. The molecule has 0 N–H and O–H groups in total. The molecule has 0 amide bonds. The third kappa shape index (κ3) is 1.83. The molecular formula is C10H10BrN3O2. The number of fused-ring (bicyclic) bond motifs is 1. The third-order valence-electron chi connectivity index (χ3n) is 2.46. The first-order valence-corrected chi connectivity index (χ1v) is 5.82. The van der Waals surface area contributed by atoms with Crippen molar-refractivity contribution in [3.8, 4) is 0 Å². The van der Waals surface area contributed by atoms with E-state index >= 15 is 0 Å². The van der Waals surface area contributed by atoms with Crippen molar-refractivity contribution in [2.24, 2.45) is 0 Å². The summed E-state index contributed by atoms with van der Waals surface area (Å²) in [5, 5.41) is 5.28. The number of hydrogen-bond donors (Lipinski definition) is 0. The van der Waals surface area contributed by atoms with Gasteiger partial charge in [0, 0.05) is 16.1 Å². The molecule has 2 aromatic heterocycles. The van der Waals surface area contributed by atoms with Crippen molar-refractivity contribution in [2.75, 3.05) is 13.2 Å². The molecule has 1 fully saturated rings. The van der Waals surface area contributed by atoms with Crippen LogP contribution in [0.1, 0.15) is 0 Å². The number of ether oxygens (including phenoxy) is 2. The lowest BCUT2D eigenvalue weighted by Gasteiger charge is -2.09. The molecule has 5 nitrogen and oxygen atoms in total. The molecule has 6 heteroatoms. The molecule has 0 spiro atoms. The van der Waals surface area contributed by atoms with Gasteiger partial charge in [0.15, 0.2) is 11.9 Å². The second-order valence-corrected chi connectivity index (χ2v) is 4.48. The minimum atomic E-state index is -0.200. The average molecular weight is 284 g/mol. The summed E-state index contributed by atoms with van der Waals surface area (Å²) in [4.78, 5) is 4.33. The van der Waals surface area contributed by atoms with E-state index < -0.39 is 0 Å². The molecule has 0 saturated carbocycles. The molecule has 0 aliphatic carbocycles. The van der Waals surface area contributed by atoms with Gasteiger partial charge in [0.05, 0.1) is 26.0 Å². The van der Waals surface area contributed by atoms with Crippen molar-refractivity contribution in [3.63, 3.8) is 0 Å². The van der Waals surface area contributed by atoms with Gasteiger partial charge in [0.25, 0.3) is 0 Å². The summed E-state index contributed by atoms with van der Waals surface area (Å²) < 4.78 is 13.5. The van der Waals surface area contributed by atoms with Gasteiger partial charge in [-0.3, -0.25) is 0 Å². The SMILES string of the molecule is Brc1cnc2c(cnn2CC2OCCO2)c1. The van der Waals surface area contributed by atoms with Gasteiger partial charge in [-0.1, -0.05) is 0 Å². The van der Waals surface area contributed by atoms with Crippen LogP contribution in [-0.4, -0.2) is 34.3 Å². The maximum absolute atomic E-state index is 5.38. The third-order valence-corrected chi connectivity index (χ3v) is 2.89. The Bertz CT molecular complexity index is 508. The predicted octanol–water partition coefficient (Wildman–Crippen LogP) is 1.57. The highest BCUT2D eigenvalue weighted by atomic mass is 79.9. The lowest BCUT2D eigenvalue weighted by Crippen LogP contribution is -2.17. The van der Waals surface area contributed by atoms with E-state index in [-0.39, 0.29) is 6.29 Å². The minimum Gasteiger partial charge on any atom is -0.348 e. The van der Waals surface area contributed by atoms with Gasteiger partial charge in [0.1, 0.15) is 0 Å². The number of hydrogen-bond acceptors (Lipinski definition) is 4. The highest BCUT2D eigenvalue weighted by Crippen LogP contribution is 2.17. The van der Waals surface area contributed by atoms with Gasteiger partial charge >= 0.3 is 0 Å². The summed E-state index contributed by atoms with van der Waals surface area (Å²) in [6, 6.07) is 1.99. The molecular weight excluding hydrogens is 274 g/mol. The van der Waals surface area contributed by atoms with Gasteiger partial charge in [-0.2, -0.15) is 5.10 Å². The van der Waals surface area contributed by atoms with Crippen LogP contribution in [0.3, 0.4) is 0 Å². The Kier molecular flexibility index (Phi) is 2.62. The molecule has 16 heavy (non-hydrogen) atoms. The smallest absolute Gasteiger partial charge is 0.177 e. The molecule has 0 aromatic carbocycles. The highest BCUT2D eigenvalue weighted by molar-refractivity contribution is 9.10. The van der Waals surface area contributed by atoms with Gasteiger partial charge in [0.2, 0.25) is 0 Å². The Morgan fingerprint density at radius 1 is 1.38 bits per heavy atom. The summed E-state index contributed by atoms with van der Waals surface area (Å²) in [5.41, 5.74) is 0.849. The normalized spacial score (nSPS) is 17.3. The summed E-state index contributed by atoms with van der Waals surface area (Å²) in [6.07, 6.45) is 3.35. The molecule has 84 valence electrons. The van der Waals surface area contributed by atoms with Crippen molar-refractivity contribution in [3.05, 3.63) is 22.9 Å². The fraction of sp³-hybridized carbons (Fsp3) is 0.400. The molecule has 3 heterocycles. The summed E-state index contributed by atoms with van der Waals surface area (Å²) >= 11 is 3.38. The number of halogens is 1. The maximum Gasteiger partial charge on any atom is 0.177 e. The predicted molar refractivity (Wildman–Crippen MR) is 60.9 cm³/mol. The summed E-state index contributed by atoms with van der Waals surface area (Å²) in [6.45, 7) is 1.89. The Hall–Kier alpha value is -0.980. The van der Waals surface area contributed by atoms with Gasteiger partial charge in [-0.15, -0.1) is 0 Å². The van der Waals surface area contributed by atoms with Crippen LogP contribution in [0.2, 0.25) is 0 Å². The molecule has 1 saturated heterocycles. The minimum absolute atomic E-state index is 0.200. The van der Waals surface area contributed by atoms with Crippen molar-refractivity contribution in [1.29, 1.82) is 0 Å². The zero-order valence-electron chi connectivity index (χ0n) is 8.47. The molecule has 0 atom stereocenters. The molecule has 1 aliphatic heterocycles. The van der Waals surface area contributed by atoms with E-state index in [1.165, 1.54) is 0 Å².